The molecule has 46 heavy (non-hydrogen) atoms. The predicted octanol–water partition coefficient (Wildman–Crippen LogP) is 14.3. The first-order valence-electron chi connectivity index (χ1n) is 18.4. The summed E-state index contributed by atoms with van der Waals surface area (Å²) in [5.74, 6) is 0. The van der Waals surface area contributed by atoms with Crippen LogP contribution in [-0.4, -0.2) is 4.70 Å². The van der Waals surface area contributed by atoms with Gasteiger partial charge in [0.05, 0.1) is 0 Å². The number of aryl methyl sites for hydroxylation is 4. The molecule has 0 saturated heterocycles. The first-order valence-corrected chi connectivity index (χ1v) is 25.6. The molecule has 0 aromatic heterocycles. The molecule has 0 spiro atoms. The molecular formula is C41H62Br2N2Pd. The van der Waals surface area contributed by atoms with Crippen LogP contribution in [0.3, 0.4) is 0 Å². The topological polar surface area (TPSA) is 25.3 Å². The van der Waals surface area contributed by atoms with Gasteiger partial charge in [0.25, 0.3) is 0 Å². The zero-order valence-corrected chi connectivity index (χ0v) is 34.8. The summed E-state index contributed by atoms with van der Waals surface area (Å²) in [5, 5.41) is 0. The Morgan fingerprint density at radius 3 is 1.37 bits per heavy atom. The Morgan fingerprint density at radius 1 is 0.522 bits per heavy atom. The van der Waals surface area contributed by atoms with Crippen LogP contribution in [0.5, 0.6) is 0 Å². The van der Waals surface area contributed by atoms with E-state index in [1.807, 2.05) is 0 Å². The van der Waals surface area contributed by atoms with Gasteiger partial charge in [0.1, 0.15) is 0 Å². The molecule has 0 saturated carbocycles. The number of allylic oxidation sites excluding steroid dienone is 2. The first kappa shape index (κ1) is 41.3. The SMILES string of the molecule is CCCCC1=C(c2cc(CCC)c(CCC)c(CCC)c2)[N+](=[N-])C(c2cc(CCCC)c(CCCC)c(CCCC)c2)=C1.[Br][Pd][Br]. The molecule has 0 radical (unpaired) electrons. The van der Waals surface area contributed by atoms with Crippen molar-refractivity contribution in [2.24, 2.45) is 0 Å². The summed E-state index contributed by atoms with van der Waals surface area (Å²) >= 11 is 6.80. The van der Waals surface area contributed by atoms with Gasteiger partial charge in [0.15, 0.2) is 0 Å². The number of rotatable bonds is 20. The molecule has 1 aliphatic rings. The van der Waals surface area contributed by atoms with Gasteiger partial charge in [-0.15, -0.1) is 0 Å². The normalized spacial score (nSPS) is 13.0. The molecule has 260 valence electrons. The summed E-state index contributed by atoms with van der Waals surface area (Å²) < 4.78 is 1.57. The van der Waals surface area contributed by atoms with E-state index >= 15 is 0 Å². The molecule has 0 aliphatic carbocycles. The van der Waals surface area contributed by atoms with Crippen molar-refractivity contribution >= 4 is 38.3 Å². The van der Waals surface area contributed by atoms with E-state index < -0.39 is 0 Å². The summed E-state index contributed by atoms with van der Waals surface area (Å²) in [5.41, 5.74) is 26.9. The van der Waals surface area contributed by atoms with Gasteiger partial charge >= 0.3 is 40.8 Å². The van der Waals surface area contributed by atoms with E-state index in [9.17, 15) is 5.53 Å². The summed E-state index contributed by atoms with van der Waals surface area (Å²) in [4.78, 5) is 0. The van der Waals surface area contributed by atoms with Crippen LogP contribution < -0.4 is 0 Å². The van der Waals surface area contributed by atoms with Gasteiger partial charge in [-0.2, -0.15) is 0 Å². The number of hydrogen-bond donors (Lipinski definition) is 0. The van der Waals surface area contributed by atoms with E-state index in [1.54, 1.807) is 15.8 Å². The quantitative estimate of drug-likeness (QED) is 0.0937. The molecule has 1 aliphatic heterocycles. The Balaban J connectivity index is 0.00000236. The predicted molar refractivity (Wildman–Crippen MR) is 207 cm³/mol. The fourth-order valence-electron chi connectivity index (χ4n) is 6.91. The van der Waals surface area contributed by atoms with E-state index in [0.717, 1.165) is 75.6 Å². The van der Waals surface area contributed by atoms with Crippen LogP contribution in [-0.2, 0) is 52.5 Å². The van der Waals surface area contributed by atoms with Gasteiger partial charge in [0.2, 0.25) is 11.4 Å². The van der Waals surface area contributed by atoms with Crippen molar-refractivity contribution in [2.75, 3.05) is 0 Å². The van der Waals surface area contributed by atoms with Gasteiger partial charge in [-0.25, -0.2) is 4.70 Å². The van der Waals surface area contributed by atoms with Crippen LogP contribution in [0.2, 0.25) is 0 Å². The van der Waals surface area contributed by atoms with Gasteiger partial charge in [-0.1, -0.05) is 93.4 Å². The Hall–Kier alpha value is -0.858. The molecule has 5 heteroatoms. The van der Waals surface area contributed by atoms with Gasteiger partial charge < -0.3 is 5.53 Å². The van der Waals surface area contributed by atoms with Crippen molar-refractivity contribution in [3.63, 3.8) is 0 Å². The molecule has 2 nitrogen and oxygen atoms in total. The average Bonchev–Trinajstić information content (AvgIpc) is 3.38. The summed E-state index contributed by atoms with van der Waals surface area (Å²) in [7, 11) is 0. The second kappa shape index (κ2) is 23.5. The van der Waals surface area contributed by atoms with Crippen LogP contribution in [0.15, 0.2) is 35.9 Å². The van der Waals surface area contributed by atoms with Crippen molar-refractivity contribution < 1.29 is 18.6 Å². The first-order chi connectivity index (χ1) is 22.4. The molecular weight excluding hydrogens is 787 g/mol. The Morgan fingerprint density at radius 2 is 0.913 bits per heavy atom. The molecule has 2 aromatic rings. The van der Waals surface area contributed by atoms with Gasteiger partial charge in [-0.05, 0) is 128 Å². The summed E-state index contributed by atoms with van der Waals surface area (Å²) in [6.45, 7) is 16.0. The van der Waals surface area contributed by atoms with Crippen molar-refractivity contribution in [2.45, 2.75) is 164 Å². The Bertz CT molecular complexity index is 1240. The van der Waals surface area contributed by atoms with E-state index in [0.29, 0.717) is 13.9 Å². The Labute approximate surface area is 304 Å². The minimum atomic E-state index is 0.575. The standard InChI is InChI=1S/C41H62N2.2BrH.Pd/c1-8-15-22-33-26-36(27-34(23-16-9-2)39(33)25-18-11-4)40-30-35(24-17-10-3)41(43(40)42)37-28-31(19-12-5)38(21-14-7)32(29-37)20-13-6;;;/h26-30H,8-25H2,1-7H3;2*1H;/q;;;+2/p-2. The number of benzene rings is 2. The molecule has 0 amide bonds. The monoisotopic (exact) mass is 846 g/mol. The molecule has 0 atom stereocenters. The van der Waals surface area contributed by atoms with Crippen LogP contribution in [0.1, 0.15) is 170 Å². The van der Waals surface area contributed by atoms with Crippen LogP contribution >= 0.6 is 26.9 Å². The maximum atomic E-state index is 12.1. The third kappa shape index (κ3) is 11.9. The van der Waals surface area contributed by atoms with E-state index in [2.05, 4.69) is 106 Å². The summed E-state index contributed by atoms with van der Waals surface area (Å²) in [6.07, 6.45) is 23.1. The van der Waals surface area contributed by atoms with E-state index in [4.69, 9.17) is 0 Å². The molecule has 0 N–H and O–H groups in total. The van der Waals surface area contributed by atoms with Crippen molar-refractivity contribution in [1.82, 2.24) is 0 Å². The third-order valence-electron chi connectivity index (χ3n) is 9.21. The second-order valence-corrected chi connectivity index (χ2v) is 20.1. The fourth-order valence-corrected chi connectivity index (χ4v) is 6.91. The van der Waals surface area contributed by atoms with E-state index in [-0.39, 0.29) is 0 Å². The van der Waals surface area contributed by atoms with Crippen LogP contribution in [0.4, 0.5) is 0 Å². The second-order valence-electron chi connectivity index (χ2n) is 13.0. The Kier molecular flexibility index (Phi) is 21.1. The molecule has 0 unspecified atom stereocenters. The van der Waals surface area contributed by atoms with Crippen molar-refractivity contribution in [1.29, 1.82) is 0 Å². The molecule has 0 bridgehead atoms. The number of unbranched alkanes of at least 4 members (excludes halogenated alkanes) is 4. The maximum absolute atomic E-state index is 12.1. The van der Waals surface area contributed by atoms with Crippen LogP contribution in [0.25, 0.3) is 16.9 Å². The number of hydrogen-bond acceptors (Lipinski definition) is 0. The third-order valence-corrected chi connectivity index (χ3v) is 9.21. The zero-order valence-electron chi connectivity index (χ0n) is 30.1. The van der Waals surface area contributed by atoms with Gasteiger partial charge in [0, 0.05) is 22.8 Å². The molecule has 2 aromatic carbocycles. The molecule has 3 rings (SSSR count). The van der Waals surface area contributed by atoms with Crippen LogP contribution in [0, 0.1) is 0 Å². The molecule has 1 heterocycles. The molecule has 0 fully saturated rings. The van der Waals surface area contributed by atoms with Crippen molar-refractivity contribution in [3.8, 4) is 0 Å². The number of halogens is 2. The zero-order chi connectivity index (χ0) is 33.9. The number of nitrogens with zero attached hydrogens (tertiary/aromatic N) is 2. The average molecular weight is 849 g/mol. The summed E-state index contributed by atoms with van der Waals surface area (Å²) in [6, 6.07) is 9.70. The van der Waals surface area contributed by atoms with Gasteiger partial charge in [-0.3, -0.25) is 0 Å². The van der Waals surface area contributed by atoms with E-state index in [1.165, 1.54) is 90.3 Å². The van der Waals surface area contributed by atoms with Crippen molar-refractivity contribution in [3.05, 3.63) is 86.0 Å². The fraction of sp³-hybridized carbons (Fsp3) is 0.610. The minimum absolute atomic E-state index is 0.575.